The Hall–Kier alpha value is -0.820. The van der Waals surface area contributed by atoms with Crippen molar-refractivity contribution < 1.29 is 0 Å². The number of benzene rings is 1. The maximum Gasteiger partial charge on any atom is 0.00418 e. The van der Waals surface area contributed by atoms with Gasteiger partial charge in [-0.15, -0.1) is 0 Å². The normalized spacial score (nSPS) is 15.1. The highest BCUT2D eigenvalue weighted by molar-refractivity contribution is 5.22. The first-order chi connectivity index (χ1) is 6.63. The maximum atomic E-state index is 5.93. The Morgan fingerprint density at radius 2 is 2.07 bits per heavy atom. The molecule has 0 aromatic heterocycles. The van der Waals surface area contributed by atoms with Gasteiger partial charge in [0, 0.05) is 6.04 Å². The van der Waals surface area contributed by atoms with Crippen LogP contribution in [0.2, 0.25) is 0 Å². The number of rotatable bonds is 4. The van der Waals surface area contributed by atoms with Gasteiger partial charge in [-0.25, -0.2) is 0 Å². The Balaban J connectivity index is 2.67. The third-order valence-corrected chi connectivity index (χ3v) is 2.85. The summed E-state index contributed by atoms with van der Waals surface area (Å²) in [6.45, 7) is 6.45. The van der Waals surface area contributed by atoms with Gasteiger partial charge in [-0.1, -0.05) is 43.2 Å². The number of nitrogens with two attached hydrogens (primary N) is 1. The van der Waals surface area contributed by atoms with Crippen molar-refractivity contribution in [1.29, 1.82) is 0 Å². The van der Waals surface area contributed by atoms with E-state index in [1.165, 1.54) is 11.1 Å². The van der Waals surface area contributed by atoms with Gasteiger partial charge in [0.15, 0.2) is 0 Å². The van der Waals surface area contributed by atoms with E-state index in [2.05, 4.69) is 45.0 Å². The fourth-order valence-corrected chi connectivity index (χ4v) is 1.84. The van der Waals surface area contributed by atoms with E-state index in [0.717, 1.165) is 12.8 Å². The minimum absolute atomic E-state index is 0.292. The lowest BCUT2D eigenvalue weighted by molar-refractivity contribution is 0.427. The second-order valence-corrected chi connectivity index (χ2v) is 4.22. The lowest BCUT2D eigenvalue weighted by Crippen LogP contribution is -2.27. The Morgan fingerprint density at radius 1 is 1.36 bits per heavy atom. The second-order valence-electron chi connectivity index (χ2n) is 4.22. The molecule has 0 aliphatic heterocycles. The van der Waals surface area contributed by atoms with Crippen LogP contribution in [0.4, 0.5) is 0 Å². The molecular formula is C13H21N. The summed E-state index contributed by atoms with van der Waals surface area (Å²) in [5.41, 5.74) is 8.68. The maximum absolute atomic E-state index is 5.93. The standard InChI is InChI=1S/C13H21N/c1-4-13(11(3)14)9-12-7-5-6-10(2)8-12/h5-8,11,13H,4,9,14H2,1-3H3. The van der Waals surface area contributed by atoms with E-state index in [9.17, 15) is 0 Å². The van der Waals surface area contributed by atoms with Gasteiger partial charge < -0.3 is 5.73 Å². The monoisotopic (exact) mass is 191 g/mol. The molecule has 2 atom stereocenters. The van der Waals surface area contributed by atoms with Crippen molar-refractivity contribution in [1.82, 2.24) is 0 Å². The Bertz CT molecular complexity index is 278. The van der Waals surface area contributed by atoms with E-state index in [4.69, 9.17) is 5.73 Å². The Labute approximate surface area is 87.3 Å². The largest absolute Gasteiger partial charge is 0.328 e. The number of hydrogen-bond donors (Lipinski definition) is 1. The lowest BCUT2D eigenvalue weighted by atomic mass is 9.91. The summed E-state index contributed by atoms with van der Waals surface area (Å²) < 4.78 is 0. The third kappa shape index (κ3) is 3.15. The molecule has 0 saturated carbocycles. The summed E-state index contributed by atoms with van der Waals surface area (Å²) in [4.78, 5) is 0. The van der Waals surface area contributed by atoms with Crippen LogP contribution in [-0.4, -0.2) is 6.04 Å². The van der Waals surface area contributed by atoms with Crippen LogP contribution in [0, 0.1) is 12.8 Å². The summed E-state index contributed by atoms with van der Waals surface area (Å²) in [5, 5.41) is 0. The first-order valence-electron chi connectivity index (χ1n) is 5.44. The highest BCUT2D eigenvalue weighted by Gasteiger charge is 2.11. The van der Waals surface area contributed by atoms with Gasteiger partial charge in [-0.05, 0) is 31.7 Å². The minimum atomic E-state index is 0.292. The molecule has 0 amide bonds. The molecule has 0 bridgehead atoms. The van der Waals surface area contributed by atoms with Crippen LogP contribution in [0.15, 0.2) is 24.3 Å². The molecule has 1 nitrogen and oxygen atoms in total. The van der Waals surface area contributed by atoms with Gasteiger partial charge in [0.05, 0.1) is 0 Å². The van der Waals surface area contributed by atoms with E-state index in [-0.39, 0.29) is 0 Å². The molecular weight excluding hydrogens is 170 g/mol. The minimum Gasteiger partial charge on any atom is -0.328 e. The first-order valence-corrected chi connectivity index (χ1v) is 5.44. The van der Waals surface area contributed by atoms with Crippen LogP contribution in [-0.2, 0) is 6.42 Å². The molecule has 1 heteroatoms. The molecule has 0 aliphatic rings. The van der Waals surface area contributed by atoms with Crippen LogP contribution < -0.4 is 5.73 Å². The molecule has 78 valence electrons. The van der Waals surface area contributed by atoms with E-state index in [1.807, 2.05) is 0 Å². The topological polar surface area (TPSA) is 26.0 Å². The molecule has 0 saturated heterocycles. The summed E-state index contributed by atoms with van der Waals surface area (Å²) in [5.74, 6) is 0.608. The zero-order valence-electron chi connectivity index (χ0n) is 9.46. The van der Waals surface area contributed by atoms with Crippen LogP contribution in [0.25, 0.3) is 0 Å². The molecule has 2 N–H and O–H groups in total. The van der Waals surface area contributed by atoms with Crippen molar-refractivity contribution in [2.45, 2.75) is 39.7 Å². The van der Waals surface area contributed by atoms with Crippen LogP contribution in [0.5, 0.6) is 0 Å². The highest BCUT2D eigenvalue weighted by atomic mass is 14.6. The highest BCUT2D eigenvalue weighted by Crippen LogP contribution is 2.15. The van der Waals surface area contributed by atoms with Crippen molar-refractivity contribution >= 4 is 0 Å². The summed E-state index contributed by atoms with van der Waals surface area (Å²) in [7, 11) is 0. The Kier molecular flexibility index (Phi) is 4.15. The predicted molar refractivity (Wildman–Crippen MR) is 62.3 cm³/mol. The summed E-state index contributed by atoms with van der Waals surface area (Å²) in [6.07, 6.45) is 2.27. The quantitative estimate of drug-likeness (QED) is 0.778. The molecule has 0 heterocycles. The Morgan fingerprint density at radius 3 is 2.57 bits per heavy atom. The lowest BCUT2D eigenvalue weighted by Gasteiger charge is -2.18. The van der Waals surface area contributed by atoms with Crippen molar-refractivity contribution in [2.24, 2.45) is 11.7 Å². The van der Waals surface area contributed by atoms with E-state index in [0.29, 0.717) is 12.0 Å². The molecule has 1 aromatic carbocycles. The second kappa shape index (κ2) is 5.16. The molecule has 14 heavy (non-hydrogen) atoms. The van der Waals surface area contributed by atoms with Crippen LogP contribution >= 0.6 is 0 Å². The number of aryl methyl sites for hydroxylation is 1. The SMILES string of the molecule is CCC(Cc1cccc(C)c1)C(C)N. The van der Waals surface area contributed by atoms with Crippen molar-refractivity contribution in [3.05, 3.63) is 35.4 Å². The van der Waals surface area contributed by atoms with E-state index < -0.39 is 0 Å². The van der Waals surface area contributed by atoms with Gasteiger partial charge in [0.1, 0.15) is 0 Å². The average molecular weight is 191 g/mol. The molecule has 1 aromatic rings. The zero-order chi connectivity index (χ0) is 10.6. The van der Waals surface area contributed by atoms with Gasteiger partial charge in [-0.3, -0.25) is 0 Å². The van der Waals surface area contributed by atoms with E-state index >= 15 is 0 Å². The molecule has 0 radical (unpaired) electrons. The van der Waals surface area contributed by atoms with Gasteiger partial charge >= 0.3 is 0 Å². The van der Waals surface area contributed by atoms with Crippen molar-refractivity contribution in [3.8, 4) is 0 Å². The smallest absolute Gasteiger partial charge is 0.00418 e. The van der Waals surface area contributed by atoms with Crippen molar-refractivity contribution in [3.63, 3.8) is 0 Å². The van der Waals surface area contributed by atoms with Crippen LogP contribution in [0.3, 0.4) is 0 Å². The fraction of sp³-hybridized carbons (Fsp3) is 0.538. The fourth-order valence-electron chi connectivity index (χ4n) is 1.84. The van der Waals surface area contributed by atoms with Crippen LogP contribution in [0.1, 0.15) is 31.4 Å². The molecule has 0 spiro atoms. The van der Waals surface area contributed by atoms with Gasteiger partial charge in [-0.2, -0.15) is 0 Å². The summed E-state index contributed by atoms with van der Waals surface area (Å²) >= 11 is 0. The first kappa shape index (κ1) is 11.3. The third-order valence-electron chi connectivity index (χ3n) is 2.85. The van der Waals surface area contributed by atoms with Crippen molar-refractivity contribution in [2.75, 3.05) is 0 Å². The van der Waals surface area contributed by atoms with Gasteiger partial charge in [0.25, 0.3) is 0 Å². The summed E-state index contributed by atoms with van der Waals surface area (Å²) in [6, 6.07) is 9.00. The van der Waals surface area contributed by atoms with Gasteiger partial charge in [0.2, 0.25) is 0 Å². The van der Waals surface area contributed by atoms with E-state index in [1.54, 1.807) is 0 Å². The molecule has 2 unspecified atom stereocenters. The number of hydrogen-bond acceptors (Lipinski definition) is 1. The predicted octanol–water partition coefficient (Wildman–Crippen LogP) is 2.91. The molecule has 1 rings (SSSR count). The average Bonchev–Trinajstić information content (AvgIpc) is 2.14. The molecule has 0 aliphatic carbocycles. The zero-order valence-corrected chi connectivity index (χ0v) is 9.46. The molecule has 0 fully saturated rings.